The normalized spacial score (nSPS) is 13.9. The van der Waals surface area contributed by atoms with E-state index in [1.807, 2.05) is 7.05 Å². The van der Waals surface area contributed by atoms with Gasteiger partial charge in [-0.2, -0.15) is 0 Å². The van der Waals surface area contributed by atoms with Crippen molar-refractivity contribution in [3.05, 3.63) is 40.1 Å². The highest BCUT2D eigenvalue weighted by atomic mass is 16.5. The minimum atomic E-state index is 0.595. The van der Waals surface area contributed by atoms with Gasteiger partial charge in [-0.3, -0.25) is 0 Å². The van der Waals surface area contributed by atoms with Crippen LogP contribution in [0.25, 0.3) is 11.4 Å². The Morgan fingerprint density at radius 3 is 2.48 bits per heavy atom. The summed E-state index contributed by atoms with van der Waals surface area (Å²) in [4.78, 5) is 9.54. The van der Waals surface area contributed by atoms with Crippen molar-refractivity contribution >= 4 is 5.82 Å². The molecule has 0 bridgehead atoms. The van der Waals surface area contributed by atoms with Crippen LogP contribution in [0.4, 0.5) is 5.82 Å². The fraction of sp³-hybridized carbons (Fsp3) is 0.412. The van der Waals surface area contributed by atoms with Crippen molar-refractivity contribution in [2.45, 2.75) is 33.8 Å². The number of ether oxygens (including phenoxy) is 1. The van der Waals surface area contributed by atoms with E-state index >= 15 is 0 Å². The first kappa shape index (κ1) is 14.0. The number of hydrogen-bond donors (Lipinski definition) is 1. The summed E-state index contributed by atoms with van der Waals surface area (Å²) >= 11 is 0. The maximum Gasteiger partial charge on any atom is 0.162 e. The molecule has 1 aliphatic heterocycles. The van der Waals surface area contributed by atoms with Crippen LogP contribution in [-0.2, 0) is 17.8 Å². The Bertz CT molecular complexity index is 654. The Morgan fingerprint density at radius 1 is 1.10 bits per heavy atom. The molecular formula is C17H21N3O. The number of hydrogen-bond acceptors (Lipinski definition) is 4. The van der Waals surface area contributed by atoms with Crippen LogP contribution < -0.4 is 5.32 Å². The average molecular weight is 283 g/mol. The van der Waals surface area contributed by atoms with Gasteiger partial charge >= 0.3 is 0 Å². The van der Waals surface area contributed by atoms with Gasteiger partial charge in [-0.25, -0.2) is 9.97 Å². The zero-order chi connectivity index (χ0) is 15.0. The first-order valence-electron chi connectivity index (χ1n) is 7.33. The monoisotopic (exact) mass is 283 g/mol. The first-order chi connectivity index (χ1) is 10.1. The number of nitrogens with one attached hydrogen (secondary N) is 1. The van der Waals surface area contributed by atoms with E-state index in [2.05, 4.69) is 38.2 Å². The molecule has 1 aromatic carbocycles. The summed E-state index contributed by atoms with van der Waals surface area (Å²) in [6.07, 6.45) is 0.851. The summed E-state index contributed by atoms with van der Waals surface area (Å²) in [6, 6.07) is 4.38. The number of benzene rings is 1. The van der Waals surface area contributed by atoms with Crippen molar-refractivity contribution in [3.8, 4) is 11.4 Å². The largest absolute Gasteiger partial charge is 0.376 e. The quantitative estimate of drug-likeness (QED) is 0.919. The molecule has 1 aliphatic rings. The Hall–Kier alpha value is -1.94. The van der Waals surface area contributed by atoms with Gasteiger partial charge in [0.25, 0.3) is 0 Å². The van der Waals surface area contributed by atoms with Crippen LogP contribution in [0.5, 0.6) is 0 Å². The zero-order valence-corrected chi connectivity index (χ0v) is 13.1. The molecule has 4 heteroatoms. The minimum Gasteiger partial charge on any atom is -0.376 e. The lowest BCUT2D eigenvalue weighted by Crippen LogP contribution is -2.16. The van der Waals surface area contributed by atoms with E-state index in [0.29, 0.717) is 6.61 Å². The molecule has 0 fully saturated rings. The third-order valence-corrected chi connectivity index (χ3v) is 3.96. The number of aromatic nitrogens is 2. The molecule has 21 heavy (non-hydrogen) atoms. The predicted molar refractivity (Wildman–Crippen MR) is 84.6 cm³/mol. The van der Waals surface area contributed by atoms with E-state index in [4.69, 9.17) is 14.7 Å². The van der Waals surface area contributed by atoms with Crippen molar-refractivity contribution < 1.29 is 4.74 Å². The SMILES string of the molecule is CNc1nc(-c2c(C)cc(C)cc2C)nc2c1COCC2. The second-order valence-electron chi connectivity index (χ2n) is 5.65. The molecule has 0 saturated carbocycles. The Labute approximate surface area is 125 Å². The van der Waals surface area contributed by atoms with E-state index < -0.39 is 0 Å². The van der Waals surface area contributed by atoms with E-state index in [0.717, 1.165) is 41.5 Å². The molecular weight excluding hydrogens is 262 g/mol. The lowest BCUT2D eigenvalue weighted by Gasteiger charge is -2.20. The number of anilines is 1. The average Bonchev–Trinajstić information content (AvgIpc) is 2.45. The topological polar surface area (TPSA) is 47.0 Å². The Kier molecular flexibility index (Phi) is 3.64. The second kappa shape index (κ2) is 5.45. The van der Waals surface area contributed by atoms with Crippen LogP contribution >= 0.6 is 0 Å². The molecule has 0 aliphatic carbocycles. The number of aryl methyl sites for hydroxylation is 3. The summed E-state index contributed by atoms with van der Waals surface area (Å²) in [6.45, 7) is 7.70. The van der Waals surface area contributed by atoms with Crippen molar-refractivity contribution in [2.24, 2.45) is 0 Å². The highest BCUT2D eigenvalue weighted by Crippen LogP contribution is 2.30. The molecule has 2 heterocycles. The van der Waals surface area contributed by atoms with E-state index in [1.165, 1.54) is 16.7 Å². The number of nitrogens with zero attached hydrogens (tertiary/aromatic N) is 2. The van der Waals surface area contributed by atoms with Crippen LogP contribution in [0.15, 0.2) is 12.1 Å². The fourth-order valence-electron chi connectivity index (χ4n) is 3.08. The molecule has 0 atom stereocenters. The van der Waals surface area contributed by atoms with Crippen molar-refractivity contribution in [1.29, 1.82) is 0 Å². The number of fused-ring (bicyclic) bond motifs is 1. The van der Waals surface area contributed by atoms with Crippen LogP contribution in [0.1, 0.15) is 27.9 Å². The van der Waals surface area contributed by atoms with Gasteiger partial charge in [0.1, 0.15) is 5.82 Å². The maximum absolute atomic E-state index is 5.53. The molecule has 0 radical (unpaired) electrons. The van der Waals surface area contributed by atoms with Gasteiger partial charge in [0.2, 0.25) is 0 Å². The van der Waals surface area contributed by atoms with Crippen molar-refractivity contribution in [3.63, 3.8) is 0 Å². The lowest BCUT2D eigenvalue weighted by atomic mass is 9.98. The van der Waals surface area contributed by atoms with Crippen molar-refractivity contribution in [1.82, 2.24) is 9.97 Å². The zero-order valence-electron chi connectivity index (χ0n) is 13.1. The highest BCUT2D eigenvalue weighted by molar-refractivity contribution is 5.67. The van der Waals surface area contributed by atoms with Gasteiger partial charge in [-0.05, 0) is 31.9 Å². The molecule has 2 aromatic rings. The molecule has 0 spiro atoms. The third kappa shape index (κ3) is 2.51. The van der Waals surface area contributed by atoms with Gasteiger partial charge in [-0.15, -0.1) is 0 Å². The molecule has 110 valence electrons. The summed E-state index contributed by atoms with van der Waals surface area (Å²) in [5.41, 5.74) is 7.06. The third-order valence-electron chi connectivity index (χ3n) is 3.96. The highest BCUT2D eigenvalue weighted by Gasteiger charge is 2.19. The maximum atomic E-state index is 5.53. The number of rotatable bonds is 2. The second-order valence-corrected chi connectivity index (χ2v) is 5.65. The van der Waals surface area contributed by atoms with Crippen LogP contribution in [0.2, 0.25) is 0 Å². The molecule has 0 amide bonds. The molecule has 0 unspecified atom stereocenters. The fourth-order valence-corrected chi connectivity index (χ4v) is 3.08. The van der Waals surface area contributed by atoms with Gasteiger partial charge in [-0.1, -0.05) is 17.7 Å². The standard InChI is InChI=1S/C17H21N3O/c1-10-7-11(2)15(12(3)8-10)17-19-14-5-6-21-9-13(14)16(18-4)20-17/h7-8H,5-6,9H2,1-4H3,(H,18,19,20). The summed E-state index contributed by atoms with van der Waals surface area (Å²) in [7, 11) is 1.90. The van der Waals surface area contributed by atoms with Gasteiger partial charge in [0, 0.05) is 24.6 Å². The molecule has 3 rings (SSSR count). The van der Waals surface area contributed by atoms with Crippen molar-refractivity contribution in [2.75, 3.05) is 19.0 Å². The Balaban J connectivity index is 2.20. The van der Waals surface area contributed by atoms with Gasteiger partial charge < -0.3 is 10.1 Å². The van der Waals surface area contributed by atoms with Crippen LogP contribution in [0.3, 0.4) is 0 Å². The van der Waals surface area contributed by atoms with E-state index in [1.54, 1.807) is 0 Å². The molecule has 0 saturated heterocycles. The lowest BCUT2D eigenvalue weighted by molar-refractivity contribution is 0.109. The van der Waals surface area contributed by atoms with E-state index in [-0.39, 0.29) is 0 Å². The van der Waals surface area contributed by atoms with Crippen LogP contribution in [-0.4, -0.2) is 23.6 Å². The Morgan fingerprint density at radius 2 is 1.81 bits per heavy atom. The van der Waals surface area contributed by atoms with E-state index in [9.17, 15) is 0 Å². The van der Waals surface area contributed by atoms with Crippen LogP contribution in [0, 0.1) is 20.8 Å². The summed E-state index contributed by atoms with van der Waals surface area (Å²) in [5, 5.41) is 3.18. The summed E-state index contributed by atoms with van der Waals surface area (Å²) in [5.74, 6) is 1.70. The predicted octanol–water partition coefficient (Wildman–Crippen LogP) is 3.18. The smallest absolute Gasteiger partial charge is 0.162 e. The van der Waals surface area contributed by atoms with Gasteiger partial charge in [0.05, 0.1) is 18.9 Å². The molecule has 4 nitrogen and oxygen atoms in total. The van der Waals surface area contributed by atoms with Gasteiger partial charge in [0.15, 0.2) is 5.82 Å². The first-order valence-corrected chi connectivity index (χ1v) is 7.33. The summed E-state index contributed by atoms with van der Waals surface area (Å²) < 4.78 is 5.53. The molecule has 1 N–H and O–H groups in total. The molecule has 1 aromatic heterocycles. The minimum absolute atomic E-state index is 0.595.